The van der Waals surface area contributed by atoms with E-state index in [1.54, 1.807) is 42.6 Å². The van der Waals surface area contributed by atoms with Crippen molar-refractivity contribution in [3.8, 4) is 17.2 Å². The van der Waals surface area contributed by atoms with Gasteiger partial charge in [-0.15, -0.1) is 0 Å². The number of carbonyl (C=O) groups is 2. The van der Waals surface area contributed by atoms with Gasteiger partial charge in [0.15, 0.2) is 0 Å². The largest absolute Gasteiger partial charge is 0.419 e. The molecule has 0 amide bonds. The maximum absolute atomic E-state index is 12.0. The molecule has 0 N–H and O–H groups in total. The molecule has 1 saturated heterocycles. The Morgan fingerprint density at radius 2 is 1.72 bits per heavy atom. The molecule has 124 valence electrons. The summed E-state index contributed by atoms with van der Waals surface area (Å²) >= 11 is 0. The number of carbonyl (C=O) groups excluding carboxylic acids is 2. The van der Waals surface area contributed by atoms with E-state index < -0.39 is 17.7 Å². The van der Waals surface area contributed by atoms with Crippen LogP contribution in [-0.4, -0.2) is 22.7 Å². The molecule has 25 heavy (non-hydrogen) atoms. The highest BCUT2D eigenvalue weighted by atomic mass is 16.7. The van der Waals surface area contributed by atoms with Crippen molar-refractivity contribution in [3.63, 3.8) is 0 Å². The first-order chi connectivity index (χ1) is 11.9. The second-order valence-electron chi connectivity index (χ2n) is 5.87. The van der Waals surface area contributed by atoms with E-state index >= 15 is 0 Å². The van der Waals surface area contributed by atoms with E-state index in [2.05, 4.69) is 4.98 Å². The van der Waals surface area contributed by atoms with Gasteiger partial charge in [-0.3, -0.25) is 0 Å². The van der Waals surface area contributed by atoms with Crippen LogP contribution in [0.1, 0.15) is 25.1 Å². The zero-order valence-corrected chi connectivity index (χ0v) is 13.6. The van der Waals surface area contributed by atoms with Crippen molar-refractivity contribution in [2.45, 2.75) is 19.6 Å². The van der Waals surface area contributed by atoms with Gasteiger partial charge in [-0.1, -0.05) is 24.3 Å². The molecular weight excluding hydrogens is 320 g/mol. The monoisotopic (exact) mass is 334 g/mol. The molecule has 1 aromatic heterocycles. The number of benzene rings is 1. The first-order valence-electron chi connectivity index (χ1n) is 7.53. The van der Waals surface area contributed by atoms with Crippen LogP contribution in [0.3, 0.4) is 0 Å². The van der Waals surface area contributed by atoms with Crippen molar-refractivity contribution in [1.29, 1.82) is 5.26 Å². The Morgan fingerprint density at radius 3 is 2.32 bits per heavy atom. The lowest BCUT2D eigenvalue weighted by molar-refractivity contribution is -0.222. The fourth-order valence-electron chi connectivity index (χ4n) is 2.43. The van der Waals surface area contributed by atoms with Gasteiger partial charge in [0.25, 0.3) is 5.79 Å². The van der Waals surface area contributed by atoms with Crippen LogP contribution in [0, 0.1) is 11.3 Å². The third-order valence-corrected chi connectivity index (χ3v) is 3.56. The lowest BCUT2D eigenvalue weighted by atomic mass is 10.0. The first kappa shape index (κ1) is 16.4. The summed E-state index contributed by atoms with van der Waals surface area (Å²) in [6, 6.07) is 12.6. The van der Waals surface area contributed by atoms with Crippen LogP contribution >= 0.6 is 0 Å². The number of esters is 2. The van der Waals surface area contributed by atoms with Gasteiger partial charge in [0, 0.05) is 25.6 Å². The number of nitrogens with zero attached hydrogens (tertiary/aromatic N) is 2. The van der Waals surface area contributed by atoms with E-state index in [0.717, 1.165) is 5.56 Å². The number of hydrogen-bond acceptors (Lipinski definition) is 6. The standard InChI is InChI=1S/C19H14N2O4/c1-19(2)24-17(22)15(18(23)25-19)10-12-5-7-13(8-6-12)14-4-3-9-21-16(14)11-20/h3-10H,1-2H3. The lowest BCUT2D eigenvalue weighted by Crippen LogP contribution is -2.41. The van der Waals surface area contributed by atoms with E-state index in [1.165, 1.54) is 19.9 Å². The second kappa shape index (κ2) is 6.21. The molecule has 0 spiro atoms. The highest BCUT2D eigenvalue weighted by Crippen LogP contribution is 2.26. The lowest BCUT2D eigenvalue weighted by Gasteiger charge is -2.29. The topological polar surface area (TPSA) is 89.3 Å². The van der Waals surface area contributed by atoms with Gasteiger partial charge in [-0.25, -0.2) is 14.6 Å². The summed E-state index contributed by atoms with van der Waals surface area (Å²) in [6.07, 6.45) is 2.97. The van der Waals surface area contributed by atoms with Crippen LogP contribution in [0.2, 0.25) is 0 Å². The number of nitriles is 1. The molecule has 1 fully saturated rings. The second-order valence-corrected chi connectivity index (χ2v) is 5.87. The van der Waals surface area contributed by atoms with Crippen molar-refractivity contribution in [2.75, 3.05) is 0 Å². The molecule has 0 radical (unpaired) electrons. The van der Waals surface area contributed by atoms with Gasteiger partial charge >= 0.3 is 11.9 Å². The number of ether oxygens (including phenoxy) is 2. The predicted octanol–water partition coefficient (Wildman–Crippen LogP) is 2.84. The van der Waals surface area contributed by atoms with Crippen LogP contribution in [0.5, 0.6) is 0 Å². The molecule has 6 nitrogen and oxygen atoms in total. The number of pyridine rings is 1. The zero-order valence-electron chi connectivity index (χ0n) is 13.6. The highest BCUT2D eigenvalue weighted by molar-refractivity contribution is 6.18. The van der Waals surface area contributed by atoms with Crippen LogP contribution in [0.25, 0.3) is 17.2 Å². The van der Waals surface area contributed by atoms with Gasteiger partial charge in [0.1, 0.15) is 17.3 Å². The Bertz CT molecular complexity index is 899. The minimum absolute atomic E-state index is 0.161. The molecule has 0 atom stereocenters. The van der Waals surface area contributed by atoms with Crippen LogP contribution in [0.15, 0.2) is 48.2 Å². The number of aromatic nitrogens is 1. The van der Waals surface area contributed by atoms with E-state index in [-0.39, 0.29) is 5.57 Å². The Labute approximate surface area is 144 Å². The van der Waals surface area contributed by atoms with Crippen molar-refractivity contribution in [3.05, 3.63) is 59.4 Å². The van der Waals surface area contributed by atoms with E-state index in [4.69, 9.17) is 14.7 Å². The van der Waals surface area contributed by atoms with Gasteiger partial charge in [-0.05, 0) is 29.3 Å². The molecular formula is C19H14N2O4. The summed E-state index contributed by atoms with van der Waals surface area (Å²) in [5.74, 6) is -2.70. The first-order valence-corrected chi connectivity index (χ1v) is 7.53. The van der Waals surface area contributed by atoms with Gasteiger partial charge in [0.05, 0.1) is 0 Å². The highest BCUT2D eigenvalue weighted by Gasteiger charge is 2.38. The number of hydrogen-bond donors (Lipinski definition) is 0. The summed E-state index contributed by atoms with van der Waals surface area (Å²) in [5.41, 5.74) is 2.32. The fourth-order valence-corrected chi connectivity index (χ4v) is 2.43. The van der Waals surface area contributed by atoms with Crippen molar-refractivity contribution in [2.24, 2.45) is 0 Å². The molecule has 0 bridgehead atoms. The molecule has 6 heteroatoms. The zero-order chi connectivity index (χ0) is 18.0. The Morgan fingerprint density at radius 1 is 1.08 bits per heavy atom. The quantitative estimate of drug-likeness (QED) is 0.476. The summed E-state index contributed by atoms with van der Waals surface area (Å²) < 4.78 is 10.1. The van der Waals surface area contributed by atoms with E-state index in [9.17, 15) is 9.59 Å². The fraction of sp³-hybridized carbons (Fsp3) is 0.158. The Kier molecular flexibility index (Phi) is 4.07. The van der Waals surface area contributed by atoms with Crippen LogP contribution in [0.4, 0.5) is 0 Å². The Hall–Kier alpha value is -3.46. The molecule has 1 aliphatic heterocycles. The molecule has 1 aliphatic rings. The predicted molar refractivity (Wildman–Crippen MR) is 88.6 cm³/mol. The third-order valence-electron chi connectivity index (χ3n) is 3.56. The Balaban J connectivity index is 1.90. The maximum atomic E-state index is 12.0. The summed E-state index contributed by atoms with van der Waals surface area (Å²) in [7, 11) is 0. The molecule has 0 aliphatic carbocycles. The minimum Gasteiger partial charge on any atom is -0.419 e. The number of rotatable bonds is 2. The van der Waals surface area contributed by atoms with Gasteiger partial charge < -0.3 is 9.47 Å². The van der Waals surface area contributed by atoms with Crippen LogP contribution in [-0.2, 0) is 19.1 Å². The molecule has 0 unspecified atom stereocenters. The van der Waals surface area contributed by atoms with E-state index in [0.29, 0.717) is 16.8 Å². The molecule has 2 heterocycles. The SMILES string of the molecule is CC1(C)OC(=O)C(=Cc2ccc(-c3cccnc3C#N)cc2)C(=O)O1. The molecule has 3 rings (SSSR count). The van der Waals surface area contributed by atoms with Gasteiger partial charge in [-0.2, -0.15) is 5.26 Å². The molecule has 2 aromatic rings. The third kappa shape index (κ3) is 3.40. The minimum atomic E-state index is -1.26. The molecule has 1 aromatic carbocycles. The van der Waals surface area contributed by atoms with Crippen LogP contribution < -0.4 is 0 Å². The average Bonchev–Trinajstić information content (AvgIpc) is 2.58. The van der Waals surface area contributed by atoms with E-state index in [1.807, 2.05) is 6.07 Å². The average molecular weight is 334 g/mol. The normalized spacial score (nSPS) is 15.8. The van der Waals surface area contributed by atoms with Crippen molar-refractivity contribution >= 4 is 18.0 Å². The summed E-state index contributed by atoms with van der Waals surface area (Å²) in [4.78, 5) is 27.9. The smallest absolute Gasteiger partial charge is 0.348 e. The summed E-state index contributed by atoms with van der Waals surface area (Å²) in [6.45, 7) is 2.99. The molecule has 0 saturated carbocycles. The summed E-state index contributed by atoms with van der Waals surface area (Å²) in [5, 5.41) is 9.13. The van der Waals surface area contributed by atoms with Gasteiger partial charge in [0.2, 0.25) is 0 Å². The number of cyclic esters (lactones) is 2. The maximum Gasteiger partial charge on any atom is 0.348 e. The van der Waals surface area contributed by atoms with Crippen molar-refractivity contribution < 1.29 is 19.1 Å². The van der Waals surface area contributed by atoms with Crippen molar-refractivity contribution in [1.82, 2.24) is 4.98 Å².